The zero-order chi connectivity index (χ0) is 14.3. The van der Waals surface area contributed by atoms with Gasteiger partial charge in [0, 0.05) is 9.82 Å². The van der Waals surface area contributed by atoms with Crippen LogP contribution in [-0.2, 0) is 9.53 Å². The van der Waals surface area contributed by atoms with Crippen LogP contribution < -0.4 is 0 Å². The van der Waals surface area contributed by atoms with Gasteiger partial charge in [-0.25, -0.2) is 4.79 Å². The van der Waals surface area contributed by atoms with E-state index < -0.39 is 22.9 Å². The Kier molecular flexibility index (Phi) is 3.05. The average molecular weight is 291 g/mol. The normalized spacial score (nSPS) is 31.1. The number of carbonyl (C=O) groups is 1. The molecule has 1 aliphatic carbocycles. The minimum absolute atomic E-state index is 0.244. The molecule has 6 heteroatoms. The van der Waals surface area contributed by atoms with Crippen LogP contribution in [0.1, 0.15) is 12.0 Å². The van der Waals surface area contributed by atoms with Gasteiger partial charge in [0.15, 0.2) is 0 Å². The van der Waals surface area contributed by atoms with Crippen LogP contribution in [0, 0.1) is 17.0 Å². The van der Waals surface area contributed by atoms with Crippen LogP contribution in [0.15, 0.2) is 41.3 Å². The molecule has 0 amide bonds. The van der Waals surface area contributed by atoms with E-state index in [1.54, 1.807) is 12.2 Å². The molecule has 2 bridgehead atoms. The Bertz CT molecular complexity index is 598. The lowest BCUT2D eigenvalue weighted by Gasteiger charge is -2.40. The van der Waals surface area contributed by atoms with Crippen LogP contribution in [0.25, 0.3) is 0 Å². The van der Waals surface area contributed by atoms with Crippen molar-refractivity contribution in [3.63, 3.8) is 0 Å². The zero-order valence-electron chi connectivity index (χ0n) is 10.8. The topological polar surface area (TPSA) is 69.4 Å². The smallest absolute Gasteiger partial charge is 0.334 e. The van der Waals surface area contributed by atoms with E-state index in [-0.39, 0.29) is 11.3 Å². The molecule has 1 aromatic carbocycles. The highest BCUT2D eigenvalue weighted by atomic mass is 32.2. The van der Waals surface area contributed by atoms with Crippen molar-refractivity contribution in [2.24, 2.45) is 0 Å². The molecule has 0 N–H and O–H groups in total. The van der Waals surface area contributed by atoms with Gasteiger partial charge in [-0.1, -0.05) is 35.5 Å². The first-order valence-electron chi connectivity index (χ1n) is 6.31. The zero-order valence-corrected chi connectivity index (χ0v) is 11.6. The molecule has 3 atom stereocenters. The predicted octanol–water partition coefficient (Wildman–Crippen LogP) is 2.36. The molecule has 1 aromatic rings. The van der Waals surface area contributed by atoms with Crippen molar-refractivity contribution in [2.45, 2.75) is 35.1 Å². The van der Waals surface area contributed by atoms with Crippen molar-refractivity contribution in [1.82, 2.24) is 0 Å². The molecule has 2 aliphatic heterocycles. The first-order valence-corrected chi connectivity index (χ1v) is 7.12. The number of carbonyl (C=O) groups excluding carboxylic acids is 1. The van der Waals surface area contributed by atoms with Gasteiger partial charge in [0.1, 0.15) is 6.10 Å². The molecule has 3 aliphatic rings. The van der Waals surface area contributed by atoms with Gasteiger partial charge in [-0.3, -0.25) is 10.1 Å². The van der Waals surface area contributed by atoms with E-state index in [4.69, 9.17) is 4.74 Å². The number of hydrogen-bond acceptors (Lipinski definition) is 5. The number of nitrogens with zero attached hydrogens (tertiary/aromatic N) is 1. The van der Waals surface area contributed by atoms with Crippen molar-refractivity contribution in [3.8, 4) is 0 Å². The third-order valence-corrected chi connectivity index (χ3v) is 5.07. The van der Waals surface area contributed by atoms with Crippen molar-refractivity contribution >= 4 is 17.7 Å². The highest BCUT2D eigenvalue weighted by Gasteiger charge is 2.60. The Hall–Kier alpha value is -1.82. The third-order valence-electron chi connectivity index (χ3n) is 3.65. The van der Waals surface area contributed by atoms with E-state index in [2.05, 4.69) is 0 Å². The molecule has 0 spiro atoms. The molecule has 20 heavy (non-hydrogen) atoms. The van der Waals surface area contributed by atoms with Gasteiger partial charge in [-0.05, 0) is 25.1 Å². The molecule has 0 unspecified atom stereocenters. The summed E-state index contributed by atoms with van der Waals surface area (Å²) in [5.74, 6) is -0.511. The summed E-state index contributed by atoms with van der Waals surface area (Å²) in [6.45, 7) is 1.96. The van der Waals surface area contributed by atoms with Gasteiger partial charge in [-0.2, -0.15) is 0 Å². The van der Waals surface area contributed by atoms with Crippen molar-refractivity contribution in [1.29, 1.82) is 0 Å². The monoisotopic (exact) mass is 291 g/mol. The summed E-state index contributed by atoms with van der Waals surface area (Å²) in [4.78, 5) is 23.9. The Morgan fingerprint density at radius 2 is 2.10 bits per heavy atom. The van der Waals surface area contributed by atoms with Crippen molar-refractivity contribution in [2.75, 3.05) is 0 Å². The standard InChI is InChI=1S/C14H13NO4S/c1-9-2-4-11(5-3-9)20-14-7-6-10(19-13(14)16)8-12(14)15(17)18/h2-7,10,12H,8H2,1H3/t10-,12+,14-/m0/s1. The maximum absolute atomic E-state index is 12.2. The Morgan fingerprint density at radius 3 is 2.70 bits per heavy atom. The van der Waals surface area contributed by atoms with Crippen LogP contribution in [0.3, 0.4) is 0 Å². The predicted molar refractivity (Wildman–Crippen MR) is 74.2 cm³/mol. The summed E-state index contributed by atoms with van der Waals surface area (Å²) >= 11 is 1.20. The summed E-state index contributed by atoms with van der Waals surface area (Å²) in [5, 5.41) is 11.3. The van der Waals surface area contributed by atoms with Gasteiger partial charge in [0.2, 0.25) is 10.8 Å². The van der Waals surface area contributed by atoms with Crippen molar-refractivity contribution in [3.05, 3.63) is 52.1 Å². The molecule has 0 saturated carbocycles. The number of ether oxygens (including phenoxy) is 1. The second-order valence-corrected chi connectivity index (χ2v) is 6.40. The largest absolute Gasteiger partial charge is 0.456 e. The fourth-order valence-corrected chi connectivity index (χ4v) is 3.80. The lowest BCUT2D eigenvalue weighted by molar-refractivity contribution is -0.529. The number of aryl methyl sites for hydroxylation is 1. The average Bonchev–Trinajstić information content (AvgIpc) is 2.42. The first kappa shape index (κ1) is 13.2. The second-order valence-electron chi connectivity index (χ2n) is 5.05. The molecule has 1 saturated heterocycles. The fourth-order valence-electron chi connectivity index (χ4n) is 2.54. The highest BCUT2D eigenvalue weighted by molar-refractivity contribution is 8.01. The minimum atomic E-state index is -1.24. The van der Waals surface area contributed by atoms with Crippen LogP contribution in [0.4, 0.5) is 0 Å². The number of benzene rings is 1. The molecule has 5 nitrogen and oxygen atoms in total. The SMILES string of the molecule is Cc1ccc(S[C@@]23C=C[C@@H](C[C@H]2[N+](=O)[O-])OC3=O)cc1. The molecule has 0 radical (unpaired) electrons. The van der Waals surface area contributed by atoms with Crippen LogP contribution in [-0.4, -0.2) is 27.8 Å². The summed E-state index contributed by atoms with van der Waals surface area (Å²) in [6, 6.07) is 6.64. The Labute approximate surface area is 120 Å². The van der Waals surface area contributed by atoms with E-state index in [9.17, 15) is 14.9 Å². The number of thioether (sulfide) groups is 1. The van der Waals surface area contributed by atoms with E-state index in [1.807, 2.05) is 31.2 Å². The minimum Gasteiger partial charge on any atom is -0.456 e. The molecular weight excluding hydrogens is 278 g/mol. The van der Waals surface area contributed by atoms with E-state index >= 15 is 0 Å². The Balaban J connectivity index is 1.99. The molecule has 0 aromatic heterocycles. The van der Waals surface area contributed by atoms with Gasteiger partial charge in [0.05, 0.1) is 6.42 Å². The van der Waals surface area contributed by atoms with E-state index in [0.29, 0.717) is 0 Å². The lowest BCUT2D eigenvalue weighted by Crippen LogP contribution is -2.58. The second kappa shape index (κ2) is 4.63. The number of rotatable bonds is 3. The van der Waals surface area contributed by atoms with E-state index in [1.165, 1.54) is 11.8 Å². The van der Waals surface area contributed by atoms with Crippen LogP contribution in [0.5, 0.6) is 0 Å². The summed E-state index contributed by atoms with van der Waals surface area (Å²) < 4.78 is 3.97. The summed E-state index contributed by atoms with van der Waals surface area (Å²) in [5.41, 5.74) is 1.10. The fraction of sp³-hybridized carbons (Fsp3) is 0.357. The third kappa shape index (κ3) is 2.00. The number of hydrogen-bond donors (Lipinski definition) is 0. The first-order chi connectivity index (χ1) is 9.51. The number of fused-ring (bicyclic) bond motifs is 2. The number of nitro groups is 1. The van der Waals surface area contributed by atoms with Gasteiger partial charge in [0.25, 0.3) is 0 Å². The molecular formula is C14H13NO4S. The highest BCUT2D eigenvalue weighted by Crippen LogP contribution is 2.46. The Morgan fingerprint density at radius 1 is 1.40 bits per heavy atom. The molecule has 4 rings (SSSR count). The van der Waals surface area contributed by atoms with E-state index in [0.717, 1.165) is 10.5 Å². The van der Waals surface area contributed by atoms with Gasteiger partial charge < -0.3 is 4.74 Å². The maximum atomic E-state index is 12.2. The quantitative estimate of drug-likeness (QED) is 0.370. The van der Waals surface area contributed by atoms with Gasteiger partial charge in [-0.15, -0.1) is 0 Å². The molecule has 1 fully saturated rings. The molecule has 2 heterocycles. The maximum Gasteiger partial charge on any atom is 0.334 e. The van der Waals surface area contributed by atoms with Crippen LogP contribution >= 0.6 is 11.8 Å². The van der Waals surface area contributed by atoms with Crippen molar-refractivity contribution < 1.29 is 14.5 Å². The summed E-state index contributed by atoms with van der Waals surface area (Å²) in [7, 11) is 0. The van der Waals surface area contributed by atoms with Gasteiger partial charge >= 0.3 is 5.97 Å². The lowest BCUT2D eigenvalue weighted by atomic mass is 9.85. The molecule has 104 valence electrons. The number of esters is 1. The van der Waals surface area contributed by atoms with Crippen LogP contribution in [0.2, 0.25) is 0 Å². The summed E-state index contributed by atoms with van der Waals surface area (Å²) in [6.07, 6.45) is 3.18.